The van der Waals surface area contributed by atoms with E-state index in [1.165, 1.54) is 32.6 Å². The molecule has 0 saturated heterocycles. The highest BCUT2D eigenvalue weighted by Gasteiger charge is 2.02. The molecule has 4 heteroatoms. The van der Waals surface area contributed by atoms with Gasteiger partial charge in [-0.25, -0.2) is 0 Å². The molecule has 0 spiro atoms. The summed E-state index contributed by atoms with van der Waals surface area (Å²) in [4.78, 5) is 22.0. The first-order chi connectivity index (χ1) is 9.16. The Kier molecular flexibility index (Phi) is 12.6. The molecular formula is C15H29NO3. The molecule has 0 aromatic carbocycles. The van der Waals surface area contributed by atoms with E-state index < -0.39 is 0 Å². The molecule has 1 N–H and O–H groups in total. The molecule has 0 aromatic heterocycles. The average Bonchev–Trinajstić information content (AvgIpc) is 2.37. The van der Waals surface area contributed by atoms with Crippen LogP contribution in [-0.4, -0.2) is 25.0 Å². The van der Waals surface area contributed by atoms with Crippen LogP contribution < -0.4 is 5.32 Å². The van der Waals surface area contributed by atoms with E-state index >= 15 is 0 Å². The number of nitrogens with one attached hydrogen (secondary N) is 1. The van der Waals surface area contributed by atoms with E-state index in [1.807, 2.05) is 0 Å². The molecule has 0 heterocycles. The van der Waals surface area contributed by atoms with E-state index in [2.05, 4.69) is 12.2 Å². The zero-order chi connectivity index (χ0) is 14.3. The first kappa shape index (κ1) is 17.9. The number of rotatable bonds is 12. The number of hydrogen-bond acceptors (Lipinski definition) is 3. The summed E-state index contributed by atoms with van der Waals surface area (Å²) in [7, 11) is 0. The molecule has 0 radical (unpaired) electrons. The summed E-state index contributed by atoms with van der Waals surface area (Å²) >= 11 is 0. The molecule has 0 aromatic rings. The van der Waals surface area contributed by atoms with Crippen LogP contribution in [0.15, 0.2) is 0 Å². The van der Waals surface area contributed by atoms with Gasteiger partial charge in [0.1, 0.15) is 0 Å². The monoisotopic (exact) mass is 271 g/mol. The van der Waals surface area contributed by atoms with Crippen LogP contribution in [0.1, 0.15) is 71.6 Å². The van der Waals surface area contributed by atoms with Gasteiger partial charge in [-0.1, -0.05) is 39.0 Å². The normalized spacial score (nSPS) is 10.2. The second-order valence-corrected chi connectivity index (χ2v) is 4.93. The minimum Gasteiger partial charge on any atom is -0.466 e. The summed E-state index contributed by atoms with van der Waals surface area (Å²) in [5, 5.41) is 2.70. The predicted octanol–water partition coefficient (Wildman–Crippen LogP) is 3.20. The lowest BCUT2D eigenvalue weighted by atomic mass is 10.1. The lowest BCUT2D eigenvalue weighted by Crippen LogP contribution is -2.21. The van der Waals surface area contributed by atoms with E-state index in [0.717, 1.165) is 25.7 Å². The van der Waals surface area contributed by atoms with Gasteiger partial charge in [-0.15, -0.1) is 0 Å². The van der Waals surface area contributed by atoms with E-state index in [0.29, 0.717) is 19.6 Å². The third-order valence-corrected chi connectivity index (χ3v) is 2.94. The van der Waals surface area contributed by atoms with Gasteiger partial charge in [-0.05, 0) is 19.3 Å². The number of hydrogen-bond donors (Lipinski definition) is 1. The van der Waals surface area contributed by atoms with Crippen LogP contribution in [0.4, 0.5) is 0 Å². The Morgan fingerprint density at radius 3 is 2.32 bits per heavy atom. The number of carbonyl (C=O) groups is 2. The topological polar surface area (TPSA) is 55.4 Å². The maximum Gasteiger partial charge on any atom is 0.305 e. The lowest BCUT2D eigenvalue weighted by molar-refractivity contribution is -0.143. The highest BCUT2D eigenvalue weighted by Crippen LogP contribution is 2.05. The van der Waals surface area contributed by atoms with Crippen molar-refractivity contribution >= 4 is 11.9 Å². The Hall–Kier alpha value is -1.06. The number of esters is 1. The van der Waals surface area contributed by atoms with E-state index in [1.54, 1.807) is 0 Å². The fraction of sp³-hybridized carbons (Fsp3) is 0.867. The molecule has 0 aliphatic carbocycles. The minimum atomic E-state index is -0.114. The number of amides is 1. The van der Waals surface area contributed by atoms with Crippen LogP contribution >= 0.6 is 0 Å². The van der Waals surface area contributed by atoms with Crippen molar-refractivity contribution in [1.82, 2.24) is 5.32 Å². The van der Waals surface area contributed by atoms with Gasteiger partial charge in [0.15, 0.2) is 0 Å². The van der Waals surface area contributed by atoms with Crippen LogP contribution in [0, 0.1) is 0 Å². The first-order valence-corrected chi connectivity index (χ1v) is 7.57. The van der Waals surface area contributed by atoms with Gasteiger partial charge in [0.05, 0.1) is 6.61 Å². The maximum absolute atomic E-state index is 11.4. The highest BCUT2D eigenvalue weighted by molar-refractivity contribution is 5.72. The standard InChI is InChI=1S/C15H29NO3/c1-3-4-5-6-7-10-13-19-15(18)11-8-9-12-16-14(2)17/h3-13H2,1-2H3,(H,16,17). The number of ether oxygens (including phenoxy) is 1. The molecular weight excluding hydrogens is 242 g/mol. The molecule has 0 aliphatic heterocycles. The average molecular weight is 271 g/mol. The molecule has 19 heavy (non-hydrogen) atoms. The number of unbranched alkanes of at least 4 members (excludes halogenated alkanes) is 6. The van der Waals surface area contributed by atoms with Crippen molar-refractivity contribution in [2.75, 3.05) is 13.2 Å². The molecule has 0 atom stereocenters. The van der Waals surface area contributed by atoms with Crippen molar-refractivity contribution in [3.8, 4) is 0 Å². The molecule has 0 bridgehead atoms. The van der Waals surface area contributed by atoms with E-state index in [9.17, 15) is 9.59 Å². The van der Waals surface area contributed by atoms with Gasteiger partial charge in [0.2, 0.25) is 5.91 Å². The van der Waals surface area contributed by atoms with Crippen LogP contribution in [0.2, 0.25) is 0 Å². The second-order valence-electron chi connectivity index (χ2n) is 4.93. The Labute approximate surface area is 117 Å². The quantitative estimate of drug-likeness (QED) is 0.438. The summed E-state index contributed by atoms with van der Waals surface area (Å²) in [5.41, 5.74) is 0. The summed E-state index contributed by atoms with van der Waals surface area (Å²) in [5.74, 6) is -0.137. The molecule has 112 valence electrons. The van der Waals surface area contributed by atoms with Gasteiger partial charge >= 0.3 is 5.97 Å². The van der Waals surface area contributed by atoms with Crippen molar-refractivity contribution in [2.24, 2.45) is 0 Å². The second kappa shape index (κ2) is 13.4. The number of carbonyl (C=O) groups excluding carboxylic acids is 2. The van der Waals surface area contributed by atoms with Crippen LogP contribution in [0.5, 0.6) is 0 Å². The van der Waals surface area contributed by atoms with Gasteiger partial charge in [-0.3, -0.25) is 9.59 Å². The van der Waals surface area contributed by atoms with Gasteiger partial charge in [-0.2, -0.15) is 0 Å². The van der Waals surface area contributed by atoms with Crippen molar-refractivity contribution in [2.45, 2.75) is 71.6 Å². The summed E-state index contributed by atoms with van der Waals surface area (Å²) in [6.07, 6.45) is 9.26. The van der Waals surface area contributed by atoms with E-state index in [-0.39, 0.29) is 11.9 Å². The lowest BCUT2D eigenvalue weighted by Gasteiger charge is -2.05. The molecule has 0 aliphatic rings. The van der Waals surface area contributed by atoms with Gasteiger partial charge in [0, 0.05) is 19.9 Å². The molecule has 0 unspecified atom stereocenters. The van der Waals surface area contributed by atoms with Crippen LogP contribution in [0.25, 0.3) is 0 Å². The maximum atomic E-state index is 11.4. The first-order valence-electron chi connectivity index (χ1n) is 7.57. The Bertz CT molecular complexity index is 242. The van der Waals surface area contributed by atoms with Crippen LogP contribution in [0.3, 0.4) is 0 Å². The smallest absolute Gasteiger partial charge is 0.305 e. The predicted molar refractivity (Wildman–Crippen MR) is 76.9 cm³/mol. The SMILES string of the molecule is CCCCCCCCOC(=O)CCCCNC(C)=O. The Morgan fingerprint density at radius 1 is 0.947 bits per heavy atom. The minimum absolute atomic E-state index is 0.0225. The molecule has 1 amide bonds. The van der Waals surface area contributed by atoms with Gasteiger partial charge < -0.3 is 10.1 Å². The van der Waals surface area contributed by atoms with Crippen molar-refractivity contribution in [1.29, 1.82) is 0 Å². The molecule has 4 nitrogen and oxygen atoms in total. The zero-order valence-corrected chi connectivity index (χ0v) is 12.5. The fourth-order valence-electron chi connectivity index (χ4n) is 1.80. The van der Waals surface area contributed by atoms with Crippen molar-refractivity contribution < 1.29 is 14.3 Å². The Morgan fingerprint density at radius 2 is 1.63 bits per heavy atom. The summed E-state index contributed by atoms with van der Waals surface area (Å²) in [6, 6.07) is 0. The van der Waals surface area contributed by atoms with Crippen molar-refractivity contribution in [3.05, 3.63) is 0 Å². The van der Waals surface area contributed by atoms with E-state index in [4.69, 9.17) is 4.74 Å². The van der Waals surface area contributed by atoms with Crippen LogP contribution in [-0.2, 0) is 14.3 Å². The fourth-order valence-corrected chi connectivity index (χ4v) is 1.80. The Balaban J connectivity index is 3.19. The molecule has 0 rings (SSSR count). The third-order valence-electron chi connectivity index (χ3n) is 2.94. The van der Waals surface area contributed by atoms with Crippen molar-refractivity contribution in [3.63, 3.8) is 0 Å². The summed E-state index contributed by atoms with van der Waals surface area (Å²) < 4.78 is 5.15. The van der Waals surface area contributed by atoms with Gasteiger partial charge in [0.25, 0.3) is 0 Å². The largest absolute Gasteiger partial charge is 0.466 e. The highest BCUT2D eigenvalue weighted by atomic mass is 16.5. The zero-order valence-electron chi connectivity index (χ0n) is 12.5. The molecule has 0 saturated carbocycles. The third kappa shape index (κ3) is 14.9. The summed E-state index contributed by atoms with van der Waals surface area (Å²) in [6.45, 7) is 4.89. The molecule has 0 fully saturated rings.